The average molecular weight is 318 g/mol. The lowest BCUT2D eigenvalue weighted by molar-refractivity contribution is -0.116. The van der Waals surface area contributed by atoms with Crippen molar-refractivity contribution in [2.45, 2.75) is 12.8 Å². The Morgan fingerprint density at radius 1 is 1.08 bits per heavy atom. The van der Waals surface area contributed by atoms with Gasteiger partial charge in [-0.15, -0.1) is 0 Å². The van der Waals surface area contributed by atoms with Crippen molar-refractivity contribution < 1.29 is 9.21 Å². The standard InChI is InChI=1S/C20H18N2O2/c23-20(12-11-19-8-4-14-24-19)22-18-7-3-5-16(15-18)9-10-17-6-1-2-13-21-17/h1-10,13-15H,11-12H2,(H,22,23). The first-order chi connectivity index (χ1) is 11.8. The van der Waals surface area contributed by atoms with E-state index in [2.05, 4.69) is 10.3 Å². The van der Waals surface area contributed by atoms with E-state index in [-0.39, 0.29) is 5.91 Å². The summed E-state index contributed by atoms with van der Waals surface area (Å²) in [6.45, 7) is 0. The fraction of sp³-hybridized carbons (Fsp3) is 0.100. The number of furan rings is 1. The third kappa shape index (κ3) is 4.68. The number of rotatable bonds is 6. The van der Waals surface area contributed by atoms with Crippen LogP contribution in [-0.4, -0.2) is 10.9 Å². The molecule has 0 saturated heterocycles. The number of anilines is 1. The Hall–Kier alpha value is -3.14. The zero-order valence-corrected chi connectivity index (χ0v) is 13.2. The minimum atomic E-state index is -0.0303. The lowest BCUT2D eigenvalue weighted by atomic mass is 10.1. The van der Waals surface area contributed by atoms with E-state index < -0.39 is 0 Å². The predicted molar refractivity (Wildman–Crippen MR) is 95.3 cm³/mol. The van der Waals surface area contributed by atoms with Crippen LogP contribution in [-0.2, 0) is 11.2 Å². The highest BCUT2D eigenvalue weighted by molar-refractivity contribution is 5.91. The van der Waals surface area contributed by atoms with Gasteiger partial charge in [0.05, 0.1) is 12.0 Å². The molecule has 1 aromatic carbocycles. The van der Waals surface area contributed by atoms with Crippen LogP contribution in [0.25, 0.3) is 12.2 Å². The maximum Gasteiger partial charge on any atom is 0.224 e. The molecule has 0 aliphatic carbocycles. The van der Waals surface area contributed by atoms with Gasteiger partial charge in [0.1, 0.15) is 5.76 Å². The SMILES string of the molecule is O=C(CCc1ccco1)Nc1cccc(C=Cc2ccccn2)c1. The van der Waals surface area contributed by atoms with E-state index in [0.717, 1.165) is 22.7 Å². The third-order valence-electron chi connectivity index (χ3n) is 3.48. The Bertz CT molecular complexity index is 809. The zero-order valence-electron chi connectivity index (χ0n) is 13.2. The molecule has 0 unspecified atom stereocenters. The van der Waals surface area contributed by atoms with Crippen molar-refractivity contribution in [1.82, 2.24) is 4.98 Å². The van der Waals surface area contributed by atoms with Gasteiger partial charge < -0.3 is 9.73 Å². The molecule has 120 valence electrons. The Morgan fingerprint density at radius 2 is 2.04 bits per heavy atom. The van der Waals surface area contributed by atoms with Crippen LogP contribution in [0.4, 0.5) is 5.69 Å². The first-order valence-corrected chi connectivity index (χ1v) is 7.81. The molecule has 0 atom stereocenters. The molecule has 24 heavy (non-hydrogen) atoms. The number of benzene rings is 1. The Labute approximate surface area is 140 Å². The first kappa shape index (κ1) is 15.7. The minimum Gasteiger partial charge on any atom is -0.469 e. The molecule has 0 bridgehead atoms. The van der Waals surface area contributed by atoms with E-state index in [1.165, 1.54) is 0 Å². The highest BCUT2D eigenvalue weighted by atomic mass is 16.3. The number of hydrogen-bond acceptors (Lipinski definition) is 3. The quantitative estimate of drug-likeness (QED) is 0.732. The van der Waals surface area contributed by atoms with Crippen molar-refractivity contribution >= 4 is 23.7 Å². The molecule has 0 aliphatic heterocycles. The molecular weight excluding hydrogens is 300 g/mol. The number of carbonyl (C=O) groups excluding carboxylic acids is 1. The number of carbonyl (C=O) groups is 1. The summed E-state index contributed by atoms with van der Waals surface area (Å²) in [5, 5.41) is 2.91. The molecular formula is C20H18N2O2. The van der Waals surface area contributed by atoms with Gasteiger partial charge in [-0.25, -0.2) is 0 Å². The molecule has 4 nitrogen and oxygen atoms in total. The lowest BCUT2D eigenvalue weighted by Gasteiger charge is -2.05. The molecule has 0 fully saturated rings. The zero-order chi connectivity index (χ0) is 16.6. The summed E-state index contributed by atoms with van der Waals surface area (Å²) in [6.07, 6.45) is 8.28. The van der Waals surface area contributed by atoms with Gasteiger partial charge in [0.2, 0.25) is 5.91 Å². The second-order valence-electron chi connectivity index (χ2n) is 5.34. The summed E-state index contributed by atoms with van der Waals surface area (Å²) in [7, 11) is 0. The number of hydrogen-bond donors (Lipinski definition) is 1. The van der Waals surface area contributed by atoms with E-state index in [1.54, 1.807) is 12.5 Å². The summed E-state index contributed by atoms with van der Waals surface area (Å²) in [5.74, 6) is 0.787. The van der Waals surface area contributed by atoms with Gasteiger partial charge in [-0.05, 0) is 48.0 Å². The molecule has 0 aliphatic rings. The van der Waals surface area contributed by atoms with Crippen LogP contribution in [0.1, 0.15) is 23.4 Å². The predicted octanol–water partition coefficient (Wildman–Crippen LogP) is 4.42. The van der Waals surface area contributed by atoms with Crippen LogP contribution in [0.5, 0.6) is 0 Å². The number of nitrogens with one attached hydrogen (secondary N) is 1. The van der Waals surface area contributed by atoms with E-state index in [4.69, 9.17) is 4.42 Å². The molecule has 2 heterocycles. The maximum atomic E-state index is 12.0. The van der Waals surface area contributed by atoms with Crippen molar-refractivity contribution in [1.29, 1.82) is 0 Å². The molecule has 1 amide bonds. The number of amides is 1. The molecule has 1 N–H and O–H groups in total. The van der Waals surface area contributed by atoms with Gasteiger partial charge in [-0.2, -0.15) is 0 Å². The molecule has 3 aromatic rings. The van der Waals surface area contributed by atoms with Crippen LogP contribution in [0.15, 0.2) is 71.5 Å². The van der Waals surface area contributed by atoms with Crippen molar-refractivity contribution in [3.8, 4) is 0 Å². The summed E-state index contributed by atoms with van der Waals surface area (Å²) in [5.41, 5.74) is 2.68. The van der Waals surface area contributed by atoms with E-state index in [1.807, 2.05) is 66.7 Å². The van der Waals surface area contributed by atoms with Crippen LogP contribution in [0.2, 0.25) is 0 Å². The Balaban J connectivity index is 1.58. The molecule has 0 saturated carbocycles. The number of aromatic nitrogens is 1. The maximum absolute atomic E-state index is 12.0. The highest BCUT2D eigenvalue weighted by Crippen LogP contribution is 2.14. The second kappa shape index (κ2) is 7.92. The largest absolute Gasteiger partial charge is 0.469 e. The fourth-order valence-electron chi connectivity index (χ4n) is 2.29. The number of pyridine rings is 1. The van der Waals surface area contributed by atoms with Gasteiger partial charge in [-0.3, -0.25) is 9.78 Å². The molecule has 4 heteroatoms. The summed E-state index contributed by atoms with van der Waals surface area (Å²) in [4.78, 5) is 16.3. The first-order valence-electron chi connectivity index (χ1n) is 7.81. The van der Waals surface area contributed by atoms with E-state index >= 15 is 0 Å². The van der Waals surface area contributed by atoms with Gasteiger partial charge in [0.15, 0.2) is 0 Å². The van der Waals surface area contributed by atoms with E-state index in [0.29, 0.717) is 12.8 Å². The van der Waals surface area contributed by atoms with Crippen molar-refractivity contribution in [3.63, 3.8) is 0 Å². The third-order valence-corrected chi connectivity index (χ3v) is 3.48. The summed E-state index contributed by atoms with van der Waals surface area (Å²) in [6, 6.07) is 17.2. The highest BCUT2D eigenvalue weighted by Gasteiger charge is 2.04. The smallest absolute Gasteiger partial charge is 0.224 e. The molecule has 2 aromatic heterocycles. The summed E-state index contributed by atoms with van der Waals surface area (Å²) >= 11 is 0. The van der Waals surface area contributed by atoms with Crippen LogP contribution < -0.4 is 5.32 Å². The van der Waals surface area contributed by atoms with Crippen LogP contribution >= 0.6 is 0 Å². The molecule has 3 rings (SSSR count). The minimum absolute atomic E-state index is 0.0303. The Kier molecular flexibility index (Phi) is 5.20. The lowest BCUT2D eigenvalue weighted by Crippen LogP contribution is -2.12. The molecule has 0 radical (unpaired) electrons. The summed E-state index contributed by atoms with van der Waals surface area (Å²) < 4.78 is 5.23. The van der Waals surface area contributed by atoms with Crippen LogP contribution in [0.3, 0.4) is 0 Å². The second-order valence-corrected chi connectivity index (χ2v) is 5.34. The average Bonchev–Trinajstić information content (AvgIpc) is 3.13. The number of nitrogens with zero attached hydrogens (tertiary/aromatic N) is 1. The number of aryl methyl sites for hydroxylation is 1. The fourth-order valence-corrected chi connectivity index (χ4v) is 2.29. The van der Waals surface area contributed by atoms with Gasteiger partial charge in [-0.1, -0.05) is 24.3 Å². The van der Waals surface area contributed by atoms with Gasteiger partial charge in [0.25, 0.3) is 0 Å². The van der Waals surface area contributed by atoms with Crippen molar-refractivity contribution in [2.24, 2.45) is 0 Å². The molecule has 0 spiro atoms. The van der Waals surface area contributed by atoms with Crippen molar-refractivity contribution in [3.05, 3.63) is 84.1 Å². The van der Waals surface area contributed by atoms with Gasteiger partial charge in [0, 0.05) is 24.7 Å². The Morgan fingerprint density at radius 3 is 2.83 bits per heavy atom. The van der Waals surface area contributed by atoms with Gasteiger partial charge >= 0.3 is 0 Å². The topological polar surface area (TPSA) is 55.1 Å². The normalized spacial score (nSPS) is 10.8. The van der Waals surface area contributed by atoms with Crippen molar-refractivity contribution in [2.75, 3.05) is 5.32 Å². The van der Waals surface area contributed by atoms with Crippen LogP contribution in [0, 0.1) is 0 Å². The van der Waals surface area contributed by atoms with E-state index in [9.17, 15) is 4.79 Å². The monoisotopic (exact) mass is 318 g/mol.